The zero-order valence-electron chi connectivity index (χ0n) is 11.2. The molecule has 3 rings (SSSR count). The molecule has 0 saturated heterocycles. The lowest BCUT2D eigenvalue weighted by atomic mass is 10.3. The predicted molar refractivity (Wildman–Crippen MR) is 81.2 cm³/mol. The SMILES string of the molecule is CNc1nc(Nc2ccccc2Cl)nc(-n2cccn2)n1. The van der Waals surface area contributed by atoms with E-state index < -0.39 is 0 Å². The minimum Gasteiger partial charge on any atom is -0.357 e. The van der Waals surface area contributed by atoms with E-state index in [-0.39, 0.29) is 0 Å². The summed E-state index contributed by atoms with van der Waals surface area (Å²) in [5.41, 5.74) is 0.721. The van der Waals surface area contributed by atoms with Gasteiger partial charge in [0.15, 0.2) is 0 Å². The van der Waals surface area contributed by atoms with Gasteiger partial charge in [0.05, 0.1) is 10.7 Å². The third kappa shape index (κ3) is 2.92. The van der Waals surface area contributed by atoms with Gasteiger partial charge in [0, 0.05) is 19.4 Å². The Balaban J connectivity index is 1.99. The molecule has 2 heterocycles. The minimum absolute atomic E-state index is 0.382. The van der Waals surface area contributed by atoms with Gasteiger partial charge in [0.25, 0.3) is 5.95 Å². The van der Waals surface area contributed by atoms with Crippen molar-refractivity contribution in [3.63, 3.8) is 0 Å². The summed E-state index contributed by atoms with van der Waals surface area (Å²) in [7, 11) is 1.74. The molecule has 8 heteroatoms. The molecule has 106 valence electrons. The molecule has 0 amide bonds. The fourth-order valence-electron chi connectivity index (χ4n) is 1.71. The highest BCUT2D eigenvalue weighted by molar-refractivity contribution is 6.33. The standard InChI is InChI=1S/C13H12ClN7/c1-15-11-18-12(17-10-6-3-2-5-9(10)14)20-13(19-11)21-8-4-7-16-21/h2-8H,1H3,(H2,15,17,18,19,20). The minimum atomic E-state index is 0.382. The first-order valence-corrected chi connectivity index (χ1v) is 6.59. The number of benzene rings is 1. The van der Waals surface area contributed by atoms with Gasteiger partial charge < -0.3 is 10.6 Å². The summed E-state index contributed by atoms with van der Waals surface area (Å²) in [6, 6.07) is 9.17. The lowest BCUT2D eigenvalue weighted by molar-refractivity contribution is 0.800. The monoisotopic (exact) mass is 301 g/mol. The second-order valence-corrected chi connectivity index (χ2v) is 4.50. The Morgan fingerprint density at radius 1 is 1.05 bits per heavy atom. The molecule has 21 heavy (non-hydrogen) atoms. The quantitative estimate of drug-likeness (QED) is 0.770. The van der Waals surface area contributed by atoms with E-state index in [0.29, 0.717) is 22.9 Å². The van der Waals surface area contributed by atoms with Crippen LogP contribution >= 0.6 is 11.6 Å². The second-order valence-electron chi connectivity index (χ2n) is 4.09. The lowest BCUT2D eigenvalue weighted by Crippen LogP contribution is -2.09. The van der Waals surface area contributed by atoms with E-state index in [0.717, 1.165) is 5.69 Å². The topological polar surface area (TPSA) is 80.5 Å². The van der Waals surface area contributed by atoms with Gasteiger partial charge in [-0.3, -0.25) is 0 Å². The molecule has 0 spiro atoms. The maximum atomic E-state index is 6.12. The van der Waals surface area contributed by atoms with Gasteiger partial charge in [-0.25, -0.2) is 4.68 Å². The number of hydrogen-bond donors (Lipinski definition) is 2. The third-order valence-electron chi connectivity index (χ3n) is 2.68. The summed E-state index contributed by atoms with van der Waals surface area (Å²) < 4.78 is 1.56. The van der Waals surface area contributed by atoms with Crippen molar-refractivity contribution in [2.45, 2.75) is 0 Å². The summed E-state index contributed by atoms with van der Waals surface area (Å²) in [6.45, 7) is 0. The molecule has 2 N–H and O–H groups in total. The Morgan fingerprint density at radius 2 is 1.86 bits per heavy atom. The van der Waals surface area contributed by atoms with Crippen LogP contribution in [0.5, 0.6) is 0 Å². The number of anilines is 3. The van der Waals surface area contributed by atoms with Crippen molar-refractivity contribution in [1.29, 1.82) is 0 Å². The summed E-state index contributed by atoms with van der Waals surface area (Å²) in [4.78, 5) is 12.8. The van der Waals surface area contributed by atoms with Gasteiger partial charge in [-0.15, -0.1) is 0 Å². The van der Waals surface area contributed by atoms with Crippen molar-refractivity contribution in [3.8, 4) is 5.95 Å². The highest BCUT2D eigenvalue weighted by atomic mass is 35.5. The molecule has 0 aliphatic rings. The number of nitrogens with one attached hydrogen (secondary N) is 2. The van der Waals surface area contributed by atoms with Crippen LogP contribution in [0, 0.1) is 0 Å². The van der Waals surface area contributed by atoms with E-state index in [1.807, 2.05) is 18.2 Å². The van der Waals surface area contributed by atoms with Crippen molar-refractivity contribution >= 4 is 29.2 Å². The van der Waals surface area contributed by atoms with E-state index in [4.69, 9.17) is 11.6 Å². The van der Waals surface area contributed by atoms with E-state index in [2.05, 4.69) is 30.7 Å². The molecule has 0 bridgehead atoms. The first-order chi connectivity index (χ1) is 10.3. The van der Waals surface area contributed by atoms with Crippen LogP contribution in [-0.2, 0) is 0 Å². The van der Waals surface area contributed by atoms with Crippen LogP contribution in [0.15, 0.2) is 42.7 Å². The van der Waals surface area contributed by atoms with Crippen LogP contribution in [-0.4, -0.2) is 31.8 Å². The largest absolute Gasteiger partial charge is 0.357 e. The van der Waals surface area contributed by atoms with Crippen molar-refractivity contribution < 1.29 is 0 Å². The highest BCUT2D eigenvalue weighted by Crippen LogP contribution is 2.23. The fourth-order valence-corrected chi connectivity index (χ4v) is 1.89. The molecule has 3 aromatic rings. The molecule has 0 atom stereocenters. The average molecular weight is 302 g/mol. The van der Waals surface area contributed by atoms with E-state index in [9.17, 15) is 0 Å². The molecular formula is C13H12ClN7. The van der Waals surface area contributed by atoms with Crippen LogP contribution in [0.25, 0.3) is 5.95 Å². The number of para-hydroxylation sites is 1. The fraction of sp³-hybridized carbons (Fsp3) is 0.0769. The zero-order valence-corrected chi connectivity index (χ0v) is 11.9. The van der Waals surface area contributed by atoms with E-state index >= 15 is 0 Å². The molecule has 0 radical (unpaired) electrons. The zero-order chi connectivity index (χ0) is 14.7. The third-order valence-corrected chi connectivity index (χ3v) is 3.01. The second kappa shape index (κ2) is 5.76. The maximum absolute atomic E-state index is 6.12. The van der Waals surface area contributed by atoms with Gasteiger partial charge in [0.2, 0.25) is 11.9 Å². The summed E-state index contributed by atoms with van der Waals surface area (Å²) in [6.07, 6.45) is 3.41. The number of aromatic nitrogens is 5. The van der Waals surface area contributed by atoms with Gasteiger partial charge in [-0.2, -0.15) is 20.1 Å². The van der Waals surface area contributed by atoms with Crippen LogP contribution in [0.1, 0.15) is 0 Å². The molecular weight excluding hydrogens is 290 g/mol. The van der Waals surface area contributed by atoms with Crippen LogP contribution < -0.4 is 10.6 Å². The first-order valence-electron chi connectivity index (χ1n) is 6.21. The molecule has 7 nitrogen and oxygen atoms in total. The Hall–Kier alpha value is -2.67. The Bertz CT molecular complexity index is 742. The Morgan fingerprint density at radius 3 is 2.57 bits per heavy atom. The van der Waals surface area contributed by atoms with Crippen LogP contribution in [0.3, 0.4) is 0 Å². The molecule has 0 unspecified atom stereocenters. The number of rotatable bonds is 4. The molecule has 0 fully saturated rings. The van der Waals surface area contributed by atoms with Crippen LogP contribution in [0.4, 0.5) is 17.6 Å². The van der Waals surface area contributed by atoms with Crippen molar-refractivity contribution in [3.05, 3.63) is 47.7 Å². The van der Waals surface area contributed by atoms with Crippen molar-refractivity contribution in [2.24, 2.45) is 0 Å². The van der Waals surface area contributed by atoms with E-state index in [1.165, 1.54) is 0 Å². The van der Waals surface area contributed by atoms with Gasteiger partial charge in [-0.05, 0) is 18.2 Å². The maximum Gasteiger partial charge on any atom is 0.257 e. The smallest absolute Gasteiger partial charge is 0.257 e. The van der Waals surface area contributed by atoms with Gasteiger partial charge >= 0.3 is 0 Å². The molecule has 0 aliphatic carbocycles. The molecule has 2 aromatic heterocycles. The lowest BCUT2D eigenvalue weighted by Gasteiger charge is -2.09. The van der Waals surface area contributed by atoms with Crippen LogP contribution in [0.2, 0.25) is 5.02 Å². The summed E-state index contributed by atoms with van der Waals surface area (Å²) in [5, 5.41) is 10.7. The van der Waals surface area contributed by atoms with Gasteiger partial charge in [0.1, 0.15) is 0 Å². The van der Waals surface area contributed by atoms with E-state index in [1.54, 1.807) is 36.3 Å². The van der Waals surface area contributed by atoms with Crippen molar-refractivity contribution in [2.75, 3.05) is 17.7 Å². The number of halogens is 1. The van der Waals surface area contributed by atoms with Gasteiger partial charge in [-0.1, -0.05) is 23.7 Å². The average Bonchev–Trinajstić information content (AvgIpc) is 3.04. The molecule has 0 saturated carbocycles. The highest BCUT2D eigenvalue weighted by Gasteiger charge is 2.09. The molecule has 0 aliphatic heterocycles. The van der Waals surface area contributed by atoms with Crippen molar-refractivity contribution in [1.82, 2.24) is 24.7 Å². The number of hydrogen-bond acceptors (Lipinski definition) is 6. The summed E-state index contributed by atoms with van der Waals surface area (Å²) >= 11 is 6.12. The Labute approximate surface area is 126 Å². The summed E-state index contributed by atoms with van der Waals surface area (Å²) in [5.74, 6) is 1.23. The Kier molecular flexibility index (Phi) is 3.65. The predicted octanol–water partition coefficient (Wildman–Crippen LogP) is 2.50. The normalized spacial score (nSPS) is 10.4. The number of nitrogens with zero attached hydrogens (tertiary/aromatic N) is 5. The molecule has 1 aromatic carbocycles. The first kappa shape index (κ1) is 13.3.